The van der Waals surface area contributed by atoms with Crippen molar-refractivity contribution in [1.82, 2.24) is 0 Å². The molecule has 13 heavy (non-hydrogen) atoms. The van der Waals surface area contributed by atoms with Crippen molar-refractivity contribution >= 4 is 31.9 Å². The summed E-state index contributed by atoms with van der Waals surface area (Å²) in [6.07, 6.45) is 11.0. The molecule has 1 aliphatic carbocycles. The summed E-state index contributed by atoms with van der Waals surface area (Å²) in [4.78, 5) is 0. The maximum Gasteiger partial charge on any atom is 0.0833 e. The van der Waals surface area contributed by atoms with Crippen molar-refractivity contribution in [3.8, 4) is 0 Å². The van der Waals surface area contributed by atoms with Gasteiger partial charge in [-0.25, -0.2) is 0 Å². The molecule has 0 amide bonds. The molecule has 0 saturated heterocycles. The van der Waals surface area contributed by atoms with Crippen molar-refractivity contribution in [1.29, 1.82) is 0 Å². The molecule has 0 radical (unpaired) electrons. The normalized spacial score (nSPS) is 20.5. The van der Waals surface area contributed by atoms with Gasteiger partial charge in [-0.2, -0.15) is 0 Å². The standard InChI is InChI=1S/C11H20Br2/c1-2-3-9-11(12,13)10-7-5-4-6-8-10/h10H,2-9H2,1H3. The summed E-state index contributed by atoms with van der Waals surface area (Å²) in [7, 11) is 0. The van der Waals surface area contributed by atoms with E-state index in [2.05, 4.69) is 38.8 Å². The molecule has 0 bridgehead atoms. The summed E-state index contributed by atoms with van der Waals surface area (Å²) >= 11 is 7.72. The Balaban J connectivity index is 2.36. The van der Waals surface area contributed by atoms with E-state index >= 15 is 0 Å². The first-order chi connectivity index (χ1) is 6.17. The van der Waals surface area contributed by atoms with Gasteiger partial charge in [0.1, 0.15) is 0 Å². The Morgan fingerprint density at radius 3 is 2.31 bits per heavy atom. The number of hydrogen-bond acceptors (Lipinski definition) is 0. The highest BCUT2D eigenvalue weighted by atomic mass is 79.9. The average molecular weight is 312 g/mol. The second-order valence-electron chi connectivity index (χ2n) is 4.20. The fraction of sp³-hybridized carbons (Fsp3) is 1.00. The second-order valence-corrected chi connectivity index (χ2v) is 8.09. The van der Waals surface area contributed by atoms with E-state index < -0.39 is 0 Å². The first-order valence-electron chi connectivity index (χ1n) is 5.54. The SMILES string of the molecule is CCCCC(Br)(Br)C1CCCCC1. The summed E-state index contributed by atoms with van der Waals surface area (Å²) in [5.41, 5.74) is 0. The minimum Gasteiger partial charge on any atom is -0.0724 e. The molecule has 0 spiro atoms. The van der Waals surface area contributed by atoms with Gasteiger partial charge in [-0.15, -0.1) is 0 Å². The Morgan fingerprint density at radius 1 is 1.15 bits per heavy atom. The van der Waals surface area contributed by atoms with Crippen LogP contribution in [0.3, 0.4) is 0 Å². The zero-order valence-corrected chi connectivity index (χ0v) is 11.7. The number of rotatable bonds is 4. The maximum atomic E-state index is 3.86. The molecule has 1 aliphatic rings. The van der Waals surface area contributed by atoms with E-state index in [1.165, 1.54) is 51.4 Å². The number of alkyl halides is 2. The highest BCUT2D eigenvalue weighted by molar-refractivity contribution is 9.25. The van der Waals surface area contributed by atoms with Crippen LogP contribution in [0.25, 0.3) is 0 Å². The molecule has 1 fully saturated rings. The Morgan fingerprint density at radius 2 is 1.77 bits per heavy atom. The summed E-state index contributed by atoms with van der Waals surface area (Å²) in [5.74, 6) is 0.854. The van der Waals surface area contributed by atoms with Gasteiger partial charge in [0.25, 0.3) is 0 Å². The van der Waals surface area contributed by atoms with Gasteiger partial charge in [0, 0.05) is 0 Å². The van der Waals surface area contributed by atoms with Gasteiger partial charge >= 0.3 is 0 Å². The molecule has 78 valence electrons. The van der Waals surface area contributed by atoms with Crippen LogP contribution >= 0.6 is 31.9 Å². The van der Waals surface area contributed by atoms with Gasteiger partial charge < -0.3 is 0 Å². The van der Waals surface area contributed by atoms with Crippen LogP contribution in [0.15, 0.2) is 0 Å². The van der Waals surface area contributed by atoms with Crippen molar-refractivity contribution in [3.63, 3.8) is 0 Å². The highest BCUT2D eigenvalue weighted by Gasteiger charge is 2.33. The first kappa shape index (κ1) is 12.0. The van der Waals surface area contributed by atoms with Crippen molar-refractivity contribution < 1.29 is 0 Å². The molecule has 1 saturated carbocycles. The van der Waals surface area contributed by atoms with E-state index in [4.69, 9.17) is 0 Å². The average Bonchev–Trinajstić information content (AvgIpc) is 2.16. The smallest absolute Gasteiger partial charge is 0.0724 e. The quantitative estimate of drug-likeness (QED) is 0.623. The van der Waals surface area contributed by atoms with Crippen LogP contribution in [0.4, 0.5) is 0 Å². The molecular weight excluding hydrogens is 292 g/mol. The minimum absolute atomic E-state index is 0.246. The third kappa shape index (κ3) is 3.91. The number of unbranched alkanes of at least 4 members (excludes halogenated alkanes) is 1. The van der Waals surface area contributed by atoms with Crippen molar-refractivity contribution in [2.75, 3.05) is 0 Å². The van der Waals surface area contributed by atoms with E-state index in [0.29, 0.717) is 0 Å². The van der Waals surface area contributed by atoms with Crippen molar-refractivity contribution in [2.24, 2.45) is 5.92 Å². The molecule has 2 heteroatoms. The van der Waals surface area contributed by atoms with Gasteiger partial charge in [0.15, 0.2) is 0 Å². The fourth-order valence-electron chi connectivity index (χ4n) is 2.14. The van der Waals surface area contributed by atoms with E-state index in [1.54, 1.807) is 0 Å². The largest absolute Gasteiger partial charge is 0.0833 e. The van der Waals surface area contributed by atoms with Gasteiger partial charge in [0.05, 0.1) is 3.23 Å². The lowest BCUT2D eigenvalue weighted by Gasteiger charge is -2.33. The van der Waals surface area contributed by atoms with Gasteiger partial charge in [-0.1, -0.05) is 70.9 Å². The highest BCUT2D eigenvalue weighted by Crippen LogP contribution is 2.46. The third-order valence-corrected chi connectivity index (χ3v) is 5.15. The fourth-order valence-corrected chi connectivity index (χ4v) is 3.62. The van der Waals surface area contributed by atoms with Crippen LogP contribution in [-0.4, -0.2) is 3.23 Å². The second kappa shape index (κ2) is 5.75. The molecule has 0 heterocycles. The molecule has 0 aromatic carbocycles. The predicted octanol–water partition coefficient (Wildman–Crippen LogP) is 5.24. The number of hydrogen-bond donors (Lipinski definition) is 0. The third-order valence-electron chi connectivity index (χ3n) is 3.07. The van der Waals surface area contributed by atoms with Crippen LogP contribution in [0.2, 0.25) is 0 Å². The zero-order chi connectivity index (χ0) is 9.73. The lowest BCUT2D eigenvalue weighted by Crippen LogP contribution is -2.26. The van der Waals surface area contributed by atoms with Crippen LogP contribution < -0.4 is 0 Å². The van der Waals surface area contributed by atoms with Crippen molar-refractivity contribution in [3.05, 3.63) is 0 Å². The Bertz CT molecular complexity index is 137. The molecular formula is C11H20Br2. The molecule has 0 atom stereocenters. The van der Waals surface area contributed by atoms with E-state index in [1.807, 2.05) is 0 Å². The van der Waals surface area contributed by atoms with Gasteiger partial charge in [0.2, 0.25) is 0 Å². The van der Waals surface area contributed by atoms with E-state index in [9.17, 15) is 0 Å². The molecule has 0 nitrogen and oxygen atoms in total. The molecule has 0 aliphatic heterocycles. The summed E-state index contributed by atoms with van der Waals surface area (Å²) in [6, 6.07) is 0. The Kier molecular flexibility index (Phi) is 5.32. The van der Waals surface area contributed by atoms with Crippen LogP contribution in [0.1, 0.15) is 58.3 Å². The Labute approximate surface area is 99.1 Å². The molecule has 0 aromatic rings. The van der Waals surface area contributed by atoms with E-state index in [0.717, 1.165) is 5.92 Å². The first-order valence-corrected chi connectivity index (χ1v) is 7.13. The van der Waals surface area contributed by atoms with Crippen molar-refractivity contribution in [2.45, 2.75) is 61.5 Å². The summed E-state index contributed by atoms with van der Waals surface area (Å²) in [5, 5.41) is 0. The minimum atomic E-state index is 0.246. The van der Waals surface area contributed by atoms with Gasteiger partial charge in [-0.3, -0.25) is 0 Å². The predicted molar refractivity (Wildman–Crippen MR) is 66.7 cm³/mol. The molecule has 0 N–H and O–H groups in total. The molecule has 0 unspecified atom stereocenters. The number of halogens is 2. The summed E-state index contributed by atoms with van der Waals surface area (Å²) in [6.45, 7) is 2.26. The Hall–Kier alpha value is 0.960. The van der Waals surface area contributed by atoms with Crippen LogP contribution in [0.5, 0.6) is 0 Å². The molecule has 0 aromatic heterocycles. The maximum absolute atomic E-state index is 3.86. The summed E-state index contributed by atoms with van der Waals surface area (Å²) < 4.78 is 0.246. The van der Waals surface area contributed by atoms with E-state index in [-0.39, 0.29) is 3.23 Å². The van der Waals surface area contributed by atoms with Gasteiger partial charge in [-0.05, 0) is 25.2 Å². The van der Waals surface area contributed by atoms with Crippen LogP contribution in [-0.2, 0) is 0 Å². The molecule has 1 rings (SSSR count). The topological polar surface area (TPSA) is 0 Å². The lowest BCUT2D eigenvalue weighted by molar-refractivity contribution is 0.329. The monoisotopic (exact) mass is 310 g/mol. The van der Waals surface area contributed by atoms with Crippen LogP contribution in [0, 0.1) is 5.92 Å². The zero-order valence-electron chi connectivity index (χ0n) is 8.49. The lowest BCUT2D eigenvalue weighted by atomic mass is 9.85.